The highest BCUT2D eigenvalue weighted by molar-refractivity contribution is 6.29. The zero-order valence-electron chi connectivity index (χ0n) is 7.51. The van der Waals surface area contributed by atoms with Crippen LogP contribution in [0.25, 0.3) is 5.52 Å². The van der Waals surface area contributed by atoms with Gasteiger partial charge < -0.3 is 10.2 Å². The number of aliphatic hydroxyl groups is 1. The summed E-state index contributed by atoms with van der Waals surface area (Å²) in [4.78, 5) is 14.7. The number of hydrogen-bond acceptors (Lipinski definition) is 3. The van der Waals surface area contributed by atoms with Gasteiger partial charge in [0, 0.05) is 0 Å². The smallest absolute Gasteiger partial charge is 0.356 e. The molecule has 0 aliphatic rings. The first-order valence-corrected chi connectivity index (χ1v) is 4.53. The molecule has 2 rings (SSSR count). The van der Waals surface area contributed by atoms with Crippen LogP contribution in [-0.4, -0.2) is 25.6 Å². The monoisotopic (exact) mass is 226 g/mol. The number of rotatable bonds is 2. The Morgan fingerprint density at radius 3 is 2.87 bits per heavy atom. The zero-order chi connectivity index (χ0) is 11.0. The molecule has 2 aromatic heterocycles. The van der Waals surface area contributed by atoms with E-state index < -0.39 is 5.97 Å². The number of carboxylic acid groups (broad SMARTS) is 1. The van der Waals surface area contributed by atoms with Gasteiger partial charge in [-0.05, 0) is 12.1 Å². The number of imidazole rings is 1. The molecule has 5 nitrogen and oxygen atoms in total. The van der Waals surface area contributed by atoms with Crippen LogP contribution >= 0.6 is 11.6 Å². The zero-order valence-corrected chi connectivity index (χ0v) is 8.27. The summed E-state index contributed by atoms with van der Waals surface area (Å²) < 4.78 is 1.41. The summed E-state index contributed by atoms with van der Waals surface area (Å²) in [7, 11) is 0. The van der Waals surface area contributed by atoms with Crippen molar-refractivity contribution in [2.24, 2.45) is 0 Å². The maximum atomic E-state index is 10.9. The predicted octanol–water partition coefficient (Wildman–Crippen LogP) is 1.18. The fourth-order valence-corrected chi connectivity index (χ4v) is 1.69. The second kappa shape index (κ2) is 3.52. The van der Waals surface area contributed by atoms with Crippen molar-refractivity contribution in [3.63, 3.8) is 0 Å². The molecular formula is C9H7ClN2O3. The summed E-state index contributed by atoms with van der Waals surface area (Å²) in [6.07, 6.45) is 0. The molecule has 2 N–H and O–H groups in total. The van der Waals surface area contributed by atoms with E-state index in [1.165, 1.54) is 4.40 Å². The Hall–Kier alpha value is -1.59. The number of carboxylic acids is 1. The molecule has 0 aliphatic carbocycles. The van der Waals surface area contributed by atoms with E-state index in [0.717, 1.165) is 0 Å². The molecule has 78 valence electrons. The van der Waals surface area contributed by atoms with Crippen molar-refractivity contribution in [1.29, 1.82) is 0 Å². The van der Waals surface area contributed by atoms with Crippen LogP contribution in [0, 0.1) is 0 Å². The molecular weight excluding hydrogens is 220 g/mol. The van der Waals surface area contributed by atoms with E-state index in [-0.39, 0.29) is 18.1 Å². The van der Waals surface area contributed by atoms with Crippen molar-refractivity contribution in [3.8, 4) is 0 Å². The van der Waals surface area contributed by atoms with Crippen LogP contribution in [0.15, 0.2) is 18.2 Å². The first-order chi connectivity index (χ1) is 7.15. The number of halogens is 1. The Morgan fingerprint density at radius 2 is 2.27 bits per heavy atom. The Kier molecular flexibility index (Phi) is 2.34. The van der Waals surface area contributed by atoms with Crippen LogP contribution in [0.5, 0.6) is 0 Å². The van der Waals surface area contributed by atoms with E-state index in [2.05, 4.69) is 4.98 Å². The van der Waals surface area contributed by atoms with Crippen LogP contribution in [0.1, 0.15) is 16.3 Å². The quantitative estimate of drug-likeness (QED) is 0.754. The van der Waals surface area contributed by atoms with E-state index >= 15 is 0 Å². The summed E-state index contributed by atoms with van der Waals surface area (Å²) in [5.41, 5.74) is 0.264. The number of aromatic nitrogens is 2. The predicted molar refractivity (Wildman–Crippen MR) is 53.1 cm³/mol. The molecule has 0 aliphatic heterocycles. The summed E-state index contributed by atoms with van der Waals surface area (Å²) in [6.45, 7) is -0.363. The summed E-state index contributed by atoms with van der Waals surface area (Å²) in [6, 6.07) is 4.81. The van der Waals surface area contributed by atoms with Gasteiger partial charge in [0.15, 0.2) is 5.69 Å². The second-order valence-corrected chi connectivity index (χ2v) is 3.30. The van der Waals surface area contributed by atoms with E-state index in [9.17, 15) is 4.79 Å². The molecule has 0 amide bonds. The van der Waals surface area contributed by atoms with Crippen molar-refractivity contribution in [3.05, 3.63) is 34.9 Å². The highest BCUT2D eigenvalue weighted by Gasteiger charge is 2.17. The lowest BCUT2D eigenvalue weighted by molar-refractivity contribution is 0.0693. The molecule has 0 aromatic carbocycles. The fourth-order valence-electron chi connectivity index (χ4n) is 1.43. The average molecular weight is 227 g/mol. The number of nitrogens with zero attached hydrogens (tertiary/aromatic N) is 2. The summed E-state index contributed by atoms with van der Waals surface area (Å²) >= 11 is 5.88. The lowest BCUT2D eigenvalue weighted by Gasteiger charge is -1.99. The van der Waals surface area contributed by atoms with E-state index in [0.29, 0.717) is 10.7 Å². The fraction of sp³-hybridized carbons (Fsp3) is 0.111. The van der Waals surface area contributed by atoms with Gasteiger partial charge in [-0.15, -0.1) is 0 Å². The van der Waals surface area contributed by atoms with Gasteiger partial charge in [0.25, 0.3) is 0 Å². The average Bonchev–Trinajstić information content (AvgIpc) is 2.58. The number of aliphatic hydroxyl groups excluding tert-OH is 1. The third-order valence-electron chi connectivity index (χ3n) is 2.03. The van der Waals surface area contributed by atoms with E-state index in [1.807, 2.05) is 0 Å². The first-order valence-electron chi connectivity index (χ1n) is 4.15. The largest absolute Gasteiger partial charge is 0.476 e. The number of fused-ring (bicyclic) bond motifs is 1. The summed E-state index contributed by atoms with van der Waals surface area (Å²) in [5.74, 6) is -0.928. The molecule has 6 heteroatoms. The lowest BCUT2D eigenvalue weighted by atomic mass is 10.3. The lowest BCUT2D eigenvalue weighted by Crippen LogP contribution is -1.97. The standard InChI is InChI=1S/C9H7ClN2O3/c10-6-3-1-2-5-8(9(14)15)11-7(4-13)12(5)6/h1-3,13H,4H2,(H,14,15). The normalized spacial score (nSPS) is 10.8. The maximum Gasteiger partial charge on any atom is 0.356 e. The van der Waals surface area contributed by atoms with Crippen molar-refractivity contribution < 1.29 is 15.0 Å². The Labute approximate surface area is 89.6 Å². The molecule has 0 saturated heterocycles. The minimum absolute atomic E-state index is 0.110. The molecule has 0 unspecified atom stereocenters. The van der Waals surface area contributed by atoms with Crippen LogP contribution < -0.4 is 0 Å². The number of hydrogen-bond donors (Lipinski definition) is 2. The van der Waals surface area contributed by atoms with Crippen LogP contribution in [-0.2, 0) is 6.61 Å². The van der Waals surface area contributed by atoms with Gasteiger partial charge in [-0.25, -0.2) is 9.78 Å². The minimum atomic E-state index is -1.14. The van der Waals surface area contributed by atoms with Crippen molar-refractivity contribution >= 4 is 23.1 Å². The Morgan fingerprint density at radius 1 is 1.53 bits per heavy atom. The minimum Gasteiger partial charge on any atom is -0.476 e. The number of carbonyl (C=O) groups is 1. The first kappa shape index (κ1) is 9.95. The number of pyridine rings is 1. The third kappa shape index (κ3) is 1.45. The molecule has 0 fully saturated rings. The van der Waals surface area contributed by atoms with Crippen LogP contribution in [0.4, 0.5) is 0 Å². The second-order valence-electron chi connectivity index (χ2n) is 2.91. The molecule has 15 heavy (non-hydrogen) atoms. The van der Waals surface area contributed by atoms with Gasteiger partial charge in [-0.2, -0.15) is 0 Å². The topological polar surface area (TPSA) is 74.8 Å². The molecule has 2 heterocycles. The van der Waals surface area contributed by atoms with E-state index in [4.69, 9.17) is 21.8 Å². The van der Waals surface area contributed by atoms with Gasteiger partial charge in [0.1, 0.15) is 17.6 Å². The maximum absolute atomic E-state index is 10.9. The SMILES string of the molecule is O=C(O)c1nc(CO)n2c(Cl)cccc12. The van der Waals surface area contributed by atoms with Gasteiger partial charge in [0.2, 0.25) is 0 Å². The molecule has 2 aromatic rings. The van der Waals surface area contributed by atoms with Gasteiger partial charge >= 0.3 is 5.97 Å². The molecule has 0 radical (unpaired) electrons. The molecule has 0 atom stereocenters. The third-order valence-corrected chi connectivity index (χ3v) is 2.32. The van der Waals surface area contributed by atoms with Gasteiger partial charge in [-0.1, -0.05) is 17.7 Å². The van der Waals surface area contributed by atoms with E-state index in [1.54, 1.807) is 18.2 Å². The summed E-state index contributed by atoms with van der Waals surface area (Å²) in [5, 5.41) is 18.2. The van der Waals surface area contributed by atoms with Gasteiger partial charge in [-0.3, -0.25) is 4.40 Å². The molecule has 0 saturated carbocycles. The Bertz CT molecular complexity index is 535. The van der Waals surface area contributed by atoms with Crippen molar-refractivity contribution in [1.82, 2.24) is 9.38 Å². The highest BCUT2D eigenvalue weighted by atomic mass is 35.5. The molecule has 0 bridgehead atoms. The van der Waals surface area contributed by atoms with Crippen molar-refractivity contribution in [2.45, 2.75) is 6.61 Å². The Balaban J connectivity index is 2.87. The number of aromatic carboxylic acids is 1. The van der Waals surface area contributed by atoms with Crippen LogP contribution in [0.3, 0.4) is 0 Å². The van der Waals surface area contributed by atoms with Crippen molar-refractivity contribution in [2.75, 3.05) is 0 Å². The van der Waals surface area contributed by atoms with Crippen LogP contribution in [0.2, 0.25) is 5.15 Å². The van der Waals surface area contributed by atoms with Gasteiger partial charge in [0.05, 0.1) is 5.52 Å². The molecule has 0 spiro atoms. The highest BCUT2D eigenvalue weighted by Crippen LogP contribution is 2.19.